The van der Waals surface area contributed by atoms with Gasteiger partial charge in [0.15, 0.2) is 4.67 Å². The van der Waals surface area contributed by atoms with E-state index in [1.165, 1.54) is 11.1 Å². The van der Waals surface area contributed by atoms with E-state index in [4.69, 9.17) is 4.42 Å². The maximum Gasteiger partial charge on any atom is 0.169 e. The third-order valence-corrected chi connectivity index (χ3v) is 3.45. The van der Waals surface area contributed by atoms with Crippen LogP contribution in [-0.2, 0) is 0 Å². The average molecular weight is 359 g/mol. The Bertz CT molecular complexity index is 502. The molecular weight excluding hydrogens is 346 g/mol. The number of aryl methyl sites for hydroxylation is 1. The molecule has 0 aliphatic heterocycles. The highest BCUT2D eigenvalue weighted by Crippen LogP contribution is 2.28. The summed E-state index contributed by atoms with van der Waals surface area (Å²) in [5.41, 5.74) is 2.40. The lowest BCUT2D eigenvalue weighted by molar-refractivity contribution is 0.447. The molecule has 2 nitrogen and oxygen atoms in total. The molecule has 0 bridgehead atoms. The SMILES string of the molecule is CNC(c1cc(C)cc(Br)c1)c1ccc(Br)o1. The minimum atomic E-state index is 0.0671. The van der Waals surface area contributed by atoms with Gasteiger partial charge in [0.1, 0.15) is 5.76 Å². The van der Waals surface area contributed by atoms with Gasteiger partial charge in [0.25, 0.3) is 0 Å². The first-order valence-electron chi connectivity index (χ1n) is 5.29. The fourth-order valence-corrected chi connectivity index (χ4v) is 2.83. The molecular formula is C13H13Br2NO. The van der Waals surface area contributed by atoms with Crippen LogP contribution >= 0.6 is 31.9 Å². The Morgan fingerprint density at radius 2 is 1.94 bits per heavy atom. The summed E-state index contributed by atoms with van der Waals surface area (Å²) in [7, 11) is 1.93. The molecule has 1 atom stereocenters. The molecule has 0 saturated heterocycles. The molecule has 0 aliphatic carbocycles. The lowest BCUT2D eigenvalue weighted by Gasteiger charge is -2.15. The van der Waals surface area contributed by atoms with Crippen LogP contribution in [0.25, 0.3) is 0 Å². The lowest BCUT2D eigenvalue weighted by Crippen LogP contribution is -2.17. The highest BCUT2D eigenvalue weighted by Gasteiger charge is 2.16. The fraction of sp³-hybridized carbons (Fsp3) is 0.231. The van der Waals surface area contributed by atoms with Gasteiger partial charge < -0.3 is 9.73 Å². The monoisotopic (exact) mass is 357 g/mol. The summed E-state index contributed by atoms with van der Waals surface area (Å²) in [6, 6.07) is 10.3. The molecule has 0 aliphatic rings. The lowest BCUT2D eigenvalue weighted by atomic mass is 10.0. The molecule has 90 valence electrons. The number of nitrogens with one attached hydrogen (secondary N) is 1. The Morgan fingerprint density at radius 1 is 1.18 bits per heavy atom. The summed E-state index contributed by atoms with van der Waals surface area (Å²) in [6.07, 6.45) is 0. The van der Waals surface area contributed by atoms with E-state index in [9.17, 15) is 0 Å². The van der Waals surface area contributed by atoms with Crippen LogP contribution in [0.2, 0.25) is 0 Å². The van der Waals surface area contributed by atoms with Gasteiger partial charge in [-0.25, -0.2) is 0 Å². The quantitative estimate of drug-likeness (QED) is 0.878. The molecule has 0 radical (unpaired) electrons. The van der Waals surface area contributed by atoms with Crippen LogP contribution in [0.15, 0.2) is 43.9 Å². The Kier molecular flexibility index (Phi) is 4.07. The van der Waals surface area contributed by atoms with Gasteiger partial charge in [0.2, 0.25) is 0 Å². The Balaban J connectivity index is 2.41. The maximum absolute atomic E-state index is 5.61. The normalized spacial score (nSPS) is 12.7. The van der Waals surface area contributed by atoms with Crippen LogP contribution in [0.1, 0.15) is 22.9 Å². The van der Waals surface area contributed by atoms with Crippen LogP contribution in [-0.4, -0.2) is 7.05 Å². The van der Waals surface area contributed by atoms with Crippen molar-refractivity contribution in [2.45, 2.75) is 13.0 Å². The average Bonchev–Trinajstić information content (AvgIpc) is 2.64. The highest BCUT2D eigenvalue weighted by molar-refractivity contribution is 9.10. The predicted molar refractivity (Wildman–Crippen MR) is 76.2 cm³/mol. The van der Waals surface area contributed by atoms with E-state index in [0.29, 0.717) is 0 Å². The van der Waals surface area contributed by atoms with Crippen LogP contribution in [0.5, 0.6) is 0 Å². The van der Waals surface area contributed by atoms with Crippen molar-refractivity contribution in [3.8, 4) is 0 Å². The van der Waals surface area contributed by atoms with Crippen molar-refractivity contribution in [3.05, 3.63) is 56.4 Å². The minimum absolute atomic E-state index is 0.0671. The van der Waals surface area contributed by atoms with E-state index < -0.39 is 0 Å². The molecule has 1 aromatic heterocycles. The second-order valence-corrected chi connectivity index (χ2v) is 5.62. The number of furan rings is 1. The van der Waals surface area contributed by atoms with Crippen molar-refractivity contribution in [2.24, 2.45) is 0 Å². The molecule has 4 heteroatoms. The van der Waals surface area contributed by atoms with Gasteiger partial charge in [-0.1, -0.05) is 22.0 Å². The third kappa shape index (κ3) is 3.00. The van der Waals surface area contributed by atoms with Gasteiger partial charge in [-0.3, -0.25) is 0 Å². The van der Waals surface area contributed by atoms with Crippen molar-refractivity contribution >= 4 is 31.9 Å². The van der Waals surface area contributed by atoms with Gasteiger partial charge >= 0.3 is 0 Å². The zero-order valence-corrected chi connectivity index (χ0v) is 12.8. The van der Waals surface area contributed by atoms with E-state index >= 15 is 0 Å². The third-order valence-electron chi connectivity index (χ3n) is 2.56. The Hall–Kier alpha value is -0.580. The molecule has 0 fully saturated rings. The molecule has 17 heavy (non-hydrogen) atoms. The molecule has 1 unspecified atom stereocenters. The highest BCUT2D eigenvalue weighted by atomic mass is 79.9. The number of halogens is 2. The van der Waals surface area contributed by atoms with Crippen molar-refractivity contribution in [2.75, 3.05) is 7.05 Å². The zero-order chi connectivity index (χ0) is 12.4. The van der Waals surface area contributed by atoms with E-state index in [2.05, 4.69) is 62.3 Å². The smallest absolute Gasteiger partial charge is 0.169 e. The summed E-state index contributed by atoms with van der Waals surface area (Å²) >= 11 is 6.85. The minimum Gasteiger partial charge on any atom is -0.452 e. The maximum atomic E-state index is 5.61. The second kappa shape index (κ2) is 5.38. The Labute approximate surface area is 118 Å². The van der Waals surface area contributed by atoms with E-state index in [1.807, 2.05) is 19.2 Å². The van der Waals surface area contributed by atoms with Crippen LogP contribution in [0, 0.1) is 6.92 Å². The van der Waals surface area contributed by atoms with Gasteiger partial charge in [-0.05, 0) is 65.3 Å². The summed E-state index contributed by atoms with van der Waals surface area (Å²) in [6.45, 7) is 2.08. The van der Waals surface area contributed by atoms with Crippen LogP contribution in [0.3, 0.4) is 0 Å². The molecule has 1 N–H and O–H groups in total. The van der Waals surface area contributed by atoms with E-state index in [1.54, 1.807) is 0 Å². The summed E-state index contributed by atoms with van der Waals surface area (Å²) in [5.74, 6) is 0.900. The Morgan fingerprint density at radius 3 is 2.47 bits per heavy atom. The number of benzene rings is 1. The van der Waals surface area contributed by atoms with Crippen molar-refractivity contribution < 1.29 is 4.42 Å². The number of rotatable bonds is 3. The predicted octanol–water partition coefficient (Wildman–Crippen LogP) is 4.42. The first-order valence-corrected chi connectivity index (χ1v) is 6.88. The van der Waals surface area contributed by atoms with E-state index in [-0.39, 0.29) is 6.04 Å². The first-order chi connectivity index (χ1) is 8.10. The molecule has 2 aromatic rings. The van der Waals surface area contributed by atoms with Gasteiger partial charge in [0.05, 0.1) is 6.04 Å². The molecule has 0 amide bonds. The second-order valence-electron chi connectivity index (χ2n) is 3.93. The molecule has 0 spiro atoms. The number of hydrogen-bond donors (Lipinski definition) is 1. The van der Waals surface area contributed by atoms with Gasteiger partial charge in [-0.15, -0.1) is 0 Å². The zero-order valence-electron chi connectivity index (χ0n) is 9.63. The van der Waals surface area contributed by atoms with Crippen LogP contribution in [0.4, 0.5) is 0 Å². The largest absolute Gasteiger partial charge is 0.452 e. The van der Waals surface area contributed by atoms with Crippen molar-refractivity contribution in [1.29, 1.82) is 0 Å². The summed E-state index contributed by atoms with van der Waals surface area (Å²) in [4.78, 5) is 0. The first kappa shape index (κ1) is 12.9. The topological polar surface area (TPSA) is 25.2 Å². The summed E-state index contributed by atoms with van der Waals surface area (Å²) in [5, 5.41) is 3.27. The van der Waals surface area contributed by atoms with Crippen molar-refractivity contribution in [1.82, 2.24) is 5.32 Å². The molecule has 2 rings (SSSR count). The van der Waals surface area contributed by atoms with Crippen LogP contribution < -0.4 is 5.32 Å². The molecule has 1 heterocycles. The number of hydrogen-bond acceptors (Lipinski definition) is 2. The summed E-state index contributed by atoms with van der Waals surface area (Å²) < 4.78 is 7.44. The molecule has 1 aromatic carbocycles. The molecule has 0 saturated carbocycles. The van der Waals surface area contributed by atoms with Gasteiger partial charge in [0, 0.05) is 4.47 Å². The van der Waals surface area contributed by atoms with E-state index in [0.717, 1.165) is 14.9 Å². The standard InChI is InChI=1S/C13H13Br2NO/c1-8-5-9(7-10(14)6-8)13(16-2)11-3-4-12(15)17-11/h3-7,13,16H,1-2H3. The van der Waals surface area contributed by atoms with Crippen molar-refractivity contribution in [3.63, 3.8) is 0 Å². The fourth-order valence-electron chi connectivity index (χ4n) is 1.89. The van der Waals surface area contributed by atoms with Gasteiger partial charge in [-0.2, -0.15) is 0 Å².